The topological polar surface area (TPSA) is 90.5 Å². The minimum Gasteiger partial charge on any atom is -0.352 e. The number of nitrogens with zero attached hydrogens (tertiary/aromatic N) is 1. The first-order valence-corrected chi connectivity index (χ1v) is 7.21. The Kier molecular flexibility index (Phi) is 5.48. The summed E-state index contributed by atoms with van der Waals surface area (Å²) in [5.74, 6) is -0.367. The maximum absolute atomic E-state index is 11.9. The van der Waals surface area contributed by atoms with Crippen LogP contribution in [0.3, 0.4) is 0 Å². The van der Waals surface area contributed by atoms with Crippen LogP contribution in [0, 0.1) is 0 Å². The second-order valence-electron chi connectivity index (χ2n) is 5.05. The molecule has 0 bridgehead atoms. The van der Waals surface area contributed by atoms with Crippen LogP contribution in [0.5, 0.6) is 0 Å². The van der Waals surface area contributed by atoms with E-state index in [0.717, 1.165) is 23.4 Å². The van der Waals surface area contributed by atoms with Gasteiger partial charge in [0.25, 0.3) is 5.91 Å². The highest BCUT2D eigenvalue weighted by molar-refractivity contribution is 6.01. The van der Waals surface area contributed by atoms with E-state index in [2.05, 4.69) is 16.0 Å². The maximum Gasteiger partial charge on any atom is 0.324 e. The first-order valence-electron chi connectivity index (χ1n) is 7.21. The molecule has 4 amide bonds. The van der Waals surface area contributed by atoms with Gasteiger partial charge in [0.15, 0.2) is 0 Å². The lowest BCUT2D eigenvalue weighted by atomic mass is 10.1. The standard InChI is InChI=1S/C15H20N4O3/c1-16-7-2-8-17-14(21)12-5-3-11(4-6-12)10-19-13(20)9-18-15(19)22/h3-6,16H,2,7-10H2,1H3,(H,17,21)(H,18,22). The lowest BCUT2D eigenvalue weighted by Gasteiger charge is -2.12. The number of rotatable bonds is 7. The largest absolute Gasteiger partial charge is 0.352 e. The molecule has 0 spiro atoms. The van der Waals surface area contributed by atoms with Crippen LogP contribution in [-0.4, -0.2) is 49.4 Å². The molecule has 1 aromatic rings. The highest BCUT2D eigenvalue weighted by atomic mass is 16.2. The van der Waals surface area contributed by atoms with E-state index >= 15 is 0 Å². The van der Waals surface area contributed by atoms with Gasteiger partial charge in [-0.25, -0.2) is 4.79 Å². The van der Waals surface area contributed by atoms with Crippen molar-refractivity contribution in [1.82, 2.24) is 20.9 Å². The number of carbonyl (C=O) groups is 3. The third-order valence-corrected chi connectivity index (χ3v) is 3.38. The summed E-state index contributed by atoms with van der Waals surface area (Å²) in [6, 6.07) is 6.52. The Morgan fingerprint density at radius 1 is 1.23 bits per heavy atom. The van der Waals surface area contributed by atoms with Crippen molar-refractivity contribution >= 4 is 17.8 Å². The van der Waals surface area contributed by atoms with Crippen LogP contribution in [-0.2, 0) is 11.3 Å². The van der Waals surface area contributed by atoms with Gasteiger partial charge in [-0.3, -0.25) is 14.5 Å². The summed E-state index contributed by atoms with van der Waals surface area (Å²) >= 11 is 0. The first kappa shape index (κ1) is 16.0. The Bertz CT molecular complexity index is 540. The van der Waals surface area contributed by atoms with E-state index < -0.39 is 0 Å². The number of urea groups is 1. The molecular formula is C15H20N4O3. The van der Waals surface area contributed by atoms with Gasteiger partial charge in [0.05, 0.1) is 13.1 Å². The highest BCUT2D eigenvalue weighted by Gasteiger charge is 2.28. The van der Waals surface area contributed by atoms with Crippen LogP contribution in [0.4, 0.5) is 4.79 Å². The lowest BCUT2D eigenvalue weighted by Crippen LogP contribution is -2.30. The van der Waals surface area contributed by atoms with Gasteiger partial charge in [-0.05, 0) is 37.7 Å². The molecule has 3 N–H and O–H groups in total. The Morgan fingerprint density at radius 2 is 1.95 bits per heavy atom. The minimum absolute atomic E-state index is 0.0476. The van der Waals surface area contributed by atoms with E-state index in [9.17, 15) is 14.4 Å². The molecule has 0 atom stereocenters. The van der Waals surface area contributed by atoms with Gasteiger partial charge < -0.3 is 16.0 Å². The average molecular weight is 304 g/mol. The molecule has 1 fully saturated rings. The molecular weight excluding hydrogens is 284 g/mol. The smallest absolute Gasteiger partial charge is 0.324 e. The van der Waals surface area contributed by atoms with Gasteiger partial charge >= 0.3 is 6.03 Å². The zero-order chi connectivity index (χ0) is 15.9. The first-order chi connectivity index (χ1) is 10.6. The monoisotopic (exact) mass is 304 g/mol. The fraction of sp³-hybridized carbons (Fsp3) is 0.400. The Morgan fingerprint density at radius 3 is 2.55 bits per heavy atom. The lowest BCUT2D eigenvalue weighted by molar-refractivity contribution is -0.125. The molecule has 7 nitrogen and oxygen atoms in total. The van der Waals surface area contributed by atoms with Gasteiger partial charge in [-0.2, -0.15) is 0 Å². The predicted octanol–water partition coefficient (Wildman–Crippen LogP) is 0.0777. The Balaban J connectivity index is 1.88. The predicted molar refractivity (Wildman–Crippen MR) is 81.3 cm³/mol. The summed E-state index contributed by atoms with van der Waals surface area (Å²) in [4.78, 5) is 36.0. The molecule has 22 heavy (non-hydrogen) atoms. The van der Waals surface area contributed by atoms with E-state index in [-0.39, 0.29) is 30.9 Å². The van der Waals surface area contributed by atoms with Crippen molar-refractivity contribution in [1.29, 1.82) is 0 Å². The van der Waals surface area contributed by atoms with Crippen LogP contribution >= 0.6 is 0 Å². The number of hydrogen-bond acceptors (Lipinski definition) is 4. The SMILES string of the molecule is CNCCCNC(=O)c1ccc(CN2C(=O)CNC2=O)cc1. The van der Waals surface area contributed by atoms with Crippen molar-refractivity contribution in [3.63, 3.8) is 0 Å². The van der Waals surface area contributed by atoms with Crippen LogP contribution in [0.25, 0.3) is 0 Å². The zero-order valence-corrected chi connectivity index (χ0v) is 12.5. The number of benzene rings is 1. The Labute approximate surface area is 129 Å². The summed E-state index contributed by atoms with van der Waals surface area (Å²) in [6.45, 7) is 1.73. The van der Waals surface area contributed by atoms with Gasteiger partial charge in [0, 0.05) is 12.1 Å². The molecule has 1 saturated heterocycles. The van der Waals surface area contributed by atoms with Crippen molar-refractivity contribution in [2.24, 2.45) is 0 Å². The second kappa shape index (κ2) is 7.56. The molecule has 1 aliphatic rings. The normalized spacial score (nSPS) is 14.1. The number of carbonyl (C=O) groups excluding carboxylic acids is 3. The third kappa shape index (κ3) is 4.05. The quantitative estimate of drug-likeness (QED) is 0.491. The molecule has 118 valence electrons. The van der Waals surface area contributed by atoms with E-state index in [4.69, 9.17) is 0 Å². The van der Waals surface area contributed by atoms with Gasteiger partial charge in [-0.15, -0.1) is 0 Å². The molecule has 0 radical (unpaired) electrons. The molecule has 0 aromatic heterocycles. The summed E-state index contributed by atoms with van der Waals surface area (Å²) in [6.07, 6.45) is 0.868. The number of nitrogens with one attached hydrogen (secondary N) is 3. The fourth-order valence-corrected chi connectivity index (χ4v) is 2.13. The maximum atomic E-state index is 11.9. The second-order valence-corrected chi connectivity index (χ2v) is 5.05. The summed E-state index contributed by atoms with van der Waals surface area (Å²) < 4.78 is 0. The molecule has 0 aliphatic carbocycles. The van der Waals surface area contributed by atoms with E-state index in [1.54, 1.807) is 24.3 Å². The van der Waals surface area contributed by atoms with Gasteiger partial charge in [0.2, 0.25) is 5.91 Å². The van der Waals surface area contributed by atoms with Crippen LogP contribution in [0.1, 0.15) is 22.3 Å². The van der Waals surface area contributed by atoms with Gasteiger partial charge in [-0.1, -0.05) is 12.1 Å². The van der Waals surface area contributed by atoms with E-state index in [1.165, 1.54) is 0 Å². The third-order valence-electron chi connectivity index (χ3n) is 3.38. The molecule has 1 aliphatic heterocycles. The van der Waals surface area contributed by atoms with E-state index in [1.807, 2.05) is 7.05 Å². The van der Waals surface area contributed by atoms with Crippen molar-refractivity contribution < 1.29 is 14.4 Å². The highest BCUT2D eigenvalue weighted by Crippen LogP contribution is 2.10. The number of hydrogen-bond donors (Lipinski definition) is 3. The molecule has 0 unspecified atom stereocenters. The van der Waals surface area contributed by atoms with Gasteiger partial charge in [0.1, 0.15) is 0 Å². The zero-order valence-electron chi connectivity index (χ0n) is 12.5. The summed E-state index contributed by atoms with van der Waals surface area (Å²) in [5, 5.41) is 8.32. The van der Waals surface area contributed by atoms with Crippen molar-refractivity contribution in [2.45, 2.75) is 13.0 Å². The van der Waals surface area contributed by atoms with Crippen molar-refractivity contribution in [3.8, 4) is 0 Å². The number of amides is 4. The molecule has 7 heteroatoms. The Hall–Kier alpha value is -2.41. The summed E-state index contributed by atoms with van der Waals surface area (Å²) in [7, 11) is 1.87. The van der Waals surface area contributed by atoms with Crippen LogP contribution < -0.4 is 16.0 Å². The summed E-state index contributed by atoms with van der Waals surface area (Å²) in [5.41, 5.74) is 1.36. The van der Waals surface area contributed by atoms with Crippen molar-refractivity contribution in [3.05, 3.63) is 35.4 Å². The molecule has 1 heterocycles. The molecule has 2 rings (SSSR count). The minimum atomic E-state index is -0.378. The van der Waals surface area contributed by atoms with E-state index in [0.29, 0.717) is 12.1 Å². The van der Waals surface area contributed by atoms with Crippen LogP contribution in [0.15, 0.2) is 24.3 Å². The van der Waals surface area contributed by atoms with Crippen LogP contribution in [0.2, 0.25) is 0 Å². The number of imide groups is 1. The average Bonchev–Trinajstić information content (AvgIpc) is 2.84. The van der Waals surface area contributed by atoms with Crippen molar-refractivity contribution in [2.75, 3.05) is 26.7 Å². The molecule has 0 saturated carbocycles. The fourth-order valence-electron chi connectivity index (χ4n) is 2.13. The molecule has 1 aromatic carbocycles.